The van der Waals surface area contributed by atoms with Crippen molar-refractivity contribution in [2.75, 3.05) is 0 Å². The molecule has 0 aliphatic heterocycles. The maximum Gasteiger partial charge on any atom is 0.327 e. The molecule has 0 atom stereocenters. The van der Waals surface area contributed by atoms with Crippen LogP contribution in [0.25, 0.3) is 0 Å². The number of carbonyl (C=O) groups excluding carboxylic acids is 3. The highest BCUT2D eigenvalue weighted by Crippen LogP contribution is 2.28. The smallest absolute Gasteiger partial charge is 0.327 e. The van der Waals surface area contributed by atoms with Crippen LogP contribution in [0.2, 0.25) is 0 Å². The number of nitrogens with one attached hydrogen (secondary N) is 3. The van der Waals surface area contributed by atoms with Crippen LogP contribution in [0.15, 0.2) is 28.9 Å². The Hall–Kier alpha value is -2.61. The quantitative estimate of drug-likeness (QED) is 0.440. The maximum absolute atomic E-state index is 12.2. The van der Waals surface area contributed by atoms with Gasteiger partial charge in [0.05, 0.1) is 17.7 Å². The number of hydrogen-bond donors (Lipinski definition) is 3. The standard InChI is InChI=1S/C17H19N3O4S/c21-15(14-9-11-5-2-1-3-7-13(11)25-14)19-20-17(23)16(22)18-10-12-6-4-8-24-12/h4,6,8-9H,1-3,5,7,10H2,(H,18,22)(H,19,21)(H,20,23). The molecule has 8 heteroatoms. The number of hydrazine groups is 1. The van der Waals surface area contributed by atoms with Crippen LogP contribution < -0.4 is 16.2 Å². The van der Waals surface area contributed by atoms with E-state index in [4.69, 9.17) is 4.42 Å². The topological polar surface area (TPSA) is 100 Å². The van der Waals surface area contributed by atoms with Crippen molar-refractivity contribution < 1.29 is 18.8 Å². The number of fused-ring (bicyclic) bond motifs is 1. The van der Waals surface area contributed by atoms with Gasteiger partial charge in [0.25, 0.3) is 5.91 Å². The summed E-state index contributed by atoms with van der Waals surface area (Å²) >= 11 is 1.45. The molecular weight excluding hydrogens is 342 g/mol. The van der Waals surface area contributed by atoms with Crippen molar-refractivity contribution in [3.05, 3.63) is 45.5 Å². The fourth-order valence-corrected chi connectivity index (χ4v) is 3.82. The Morgan fingerprint density at radius 1 is 1.08 bits per heavy atom. The van der Waals surface area contributed by atoms with E-state index in [9.17, 15) is 14.4 Å². The number of rotatable bonds is 3. The molecule has 0 bridgehead atoms. The summed E-state index contributed by atoms with van der Waals surface area (Å²) in [5.74, 6) is -1.66. The van der Waals surface area contributed by atoms with E-state index >= 15 is 0 Å². The molecule has 3 amide bonds. The van der Waals surface area contributed by atoms with Gasteiger partial charge in [-0.15, -0.1) is 11.3 Å². The van der Waals surface area contributed by atoms with Gasteiger partial charge in [-0.25, -0.2) is 0 Å². The fraction of sp³-hybridized carbons (Fsp3) is 0.353. The van der Waals surface area contributed by atoms with Gasteiger partial charge in [0.15, 0.2) is 0 Å². The zero-order valence-corrected chi connectivity index (χ0v) is 14.4. The molecule has 1 aliphatic rings. The molecule has 0 spiro atoms. The van der Waals surface area contributed by atoms with Crippen LogP contribution in [0, 0.1) is 0 Å². The van der Waals surface area contributed by atoms with Crippen molar-refractivity contribution in [1.29, 1.82) is 0 Å². The first kappa shape index (κ1) is 17.2. The fourth-order valence-electron chi connectivity index (χ4n) is 2.67. The molecule has 2 aromatic heterocycles. The van der Waals surface area contributed by atoms with Crippen molar-refractivity contribution in [3.63, 3.8) is 0 Å². The van der Waals surface area contributed by atoms with Crippen LogP contribution in [0.3, 0.4) is 0 Å². The summed E-state index contributed by atoms with van der Waals surface area (Å²) in [6.45, 7) is 0.102. The van der Waals surface area contributed by atoms with Crippen molar-refractivity contribution in [2.45, 2.75) is 38.6 Å². The average molecular weight is 361 g/mol. The van der Waals surface area contributed by atoms with Crippen molar-refractivity contribution >= 4 is 29.1 Å². The molecule has 3 N–H and O–H groups in total. The lowest BCUT2D eigenvalue weighted by Crippen LogP contribution is -2.48. The summed E-state index contributed by atoms with van der Waals surface area (Å²) in [5.41, 5.74) is 5.63. The molecule has 0 radical (unpaired) electrons. The van der Waals surface area contributed by atoms with E-state index in [1.165, 1.54) is 34.5 Å². The molecule has 132 valence electrons. The van der Waals surface area contributed by atoms with Gasteiger partial charge in [-0.3, -0.25) is 25.2 Å². The summed E-state index contributed by atoms with van der Waals surface area (Å²) < 4.78 is 5.05. The number of furan rings is 1. The Labute approximate surface area is 148 Å². The van der Waals surface area contributed by atoms with Crippen LogP contribution in [-0.4, -0.2) is 17.7 Å². The second kappa shape index (κ2) is 7.98. The minimum absolute atomic E-state index is 0.102. The van der Waals surface area contributed by atoms with E-state index in [-0.39, 0.29) is 6.54 Å². The summed E-state index contributed by atoms with van der Waals surface area (Å²) in [6, 6.07) is 5.24. The number of carbonyl (C=O) groups is 3. The average Bonchev–Trinajstić information content (AvgIpc) is 3.23. The molecule has 25 heavy (non-hydrogen) atoms. The lowest BCUT2D eigenvalue weighted by Gasteiger charge is -2.06. The van der Waals surface area contributed by atoms with Gasteiger partial charge in [-0.2, -0.15) is 0 Å². The predicted molar refractivity (Wildman–Crippen MR) is 91.7 cm³/mol. The third-order valence-corrected chi connectivity index (χ3v) is 5.21. The van der Waals surface area contributed by atoms with Crippen LogP contribution in [0.4, 0.5) is 0 Å². The van der Waals surface area contributed by atoms with Gasteiger partial charge < -0.3 is 9.73 Å². The molecule has 2 aromatic rings. The van der Waals surface area contributed by atoms with Crippen molar-refractivity contribution in [3.8, 4) is 0 Å². The molecule has 0 unspecified atom stereocenters. The van der Waals surface area contributed by atoms with E-state index in [1.54, 1.807) is 12.1 Å². The number of aryl methyl sites for hydroxylation is 2. The van der Waals surface area contributed by atoms with Gasteiger partial charge in [0.1, 0.15) is 5.76 Å². The van der Waals surface area contributed by atoms with E-state index in [0.29, 0.717) is 10.6 Å². The highest BCUT2D eigenvalue weighted by atomic mass is 32.1. The number of amides is 3. The minimum Gasteiger partial charge on any atom is -0.467 e. The monoisotopic (exact) mass is 361 g/mol. The van der Waals surface area contributed by atoms with E-state index in [0.717, 1.165) is 25.7 Å². The third kappa shape index (κ3) is 4.48. The zero-order chi connectivity index (χ0) is 17.6. The first-order chi connectivity index (χ1) is 12.1. The SMILES string of the molecule is O=C(NCc1ccco1)C(=O)NNC(=O)c1cc2c(s1)CCCCC2. The van der Waals surface area contributed by atoms with E-state index < -0.39 is 17.7 Å². The molecule has 0 saturated heterocycles. The zero-order valence-electron chi connectivity index (χ0n) is 13.6. The summed E-state index contributed by atoms with van der Waals surface area (Å²) in [5, 5.41) is 2.40. The van der Waals surface area contributed by atoms with Crippen LogP contribution in [-0.2, 0) is 29.0 Å². The van der Waals surface area contributed by atoms with Crippen LogP contribution >= 0.6 is 11.3 Å². The third-order valence-electron chi connectivity index (χ3n) is 3.97. The first-order valence-electron chi connectivity index (χ1n) is 8.16. The second-order valence-corrected chi connectivity index (χ2v) is 6.93. The number of thiophene rings is 1. The molecule has 3 rings (SSSR count). The highest BCUT2D eigenvalue weighted by Gasteiger charge is 2.18. The van der Waals surface area contributed by atoms with Gasteiger partial charge in [-0.1, -0.05) is 6.42 Å². The predicted octanol–water partition coefficient (Wildman–Crippen LogP) is 1.69. The van der Waals surface area contributed by atoms with Gasteiger partial charge >= 0.3 is 11.8 Å². The Morgan fingerprint density at radius 2 is 1.92 bits per heavy atom. The number of hydrogen-bond acceptors (Lipinski definition) is 5. The summed E-state index contributed by atoms with van der Waals surface area (Å²) in [7, 11) is 0. The van der Waals surface area contributed by atoms with Crippen molar-refractivity contribution in [1.82, 2.24) is 16.2 Å². The molecule has 2 heterocycles. The summed E-state index contributed by atoms with van der Waals surface area (Å²) in [4.78, 5) is 37.3. The van der Waals surface area contributed by atoms with Gasteiger partial charge in [0, 0.05) is 4.88 Å². The molecule has 1 aliphatic carbocycles. The normalized spacial score (nSPS) is 13.4. The van der Waals surface area contributed by atoms with Crippen molar-refractivity contribution in [2.24, 2.45) is 0 Å². The minimum atomic E-state index is -0.932. The van der Waals surface area contributed by atoms with Crippen LogP contribution in [0.5, 0.6) is 0 Å². The Bertz CT molecular complexity index is 743. The van der Waals surface area contributed by atoms with Crippen LogP contribution in [0.1, 0.15) is 45.1 Å². The maximum atomic E-state index is 12.2. The molecule has 0 aromatic carbocycles. The van der Waals surface area contributed by atoms with E-state index in [1.807, 2.05) is 6.07 Å². The van der Waals surface area contributed by atoms with E-state index in [2.05, 4.69) is 16.2 Å². The first-order valence-corrected chi connectivity index (χ1v) is 8.97. The second-order valence-electron chi connectivity index (χ2n) is 5.79. The molecule has 7 nitrogen and oxygen atoms in total. The highest BCUT2D eigenvalue weighted by molar-refractivity contribution is 7.14. The molecular formula is C17H19N3O4S. The van der Waals surface area contributed by atoms with Gasteiger partial charge in [0.2, 0.25) is 0 Å². The Morgan fingerprint density at radius 3 is 2.72 bits per heavy atom. The lowest BCUT2D eigenvalue weighted by molar-refractivity contribution is -0.139. The van der Waals surface area contributed by atoms with Gasteiger partial charge in [-0.05, 0) is 49.4 Å². The molecule has 0 saturated carbocycles. The lowest BCUT2D eigenvalue weighted by atomic mass is 10.1. The summed E-state index contributed by atoms with van der Waals surface area (Å²) in [6.07, 6.45) is 6.95. The Balaban J connectivity index is 1.48. The largest absolute Gasteiger partial charge is 0.467 e. The Kier molecular flexibility index (Phi) is 5.49. The molecule has 0 fully saturated rings.